The summed E-state index contributed by atoms with van der Waals surface area (Å²) in [5, 5.41) is 3.83. The maximum atomic E-state index is 3.83. The maximum Gasteiger partial charge on any atom is 0.0493 e. The van der Waals surface area contributed by atoms with E-state index in [2.05, 4.69) is 30.8 Å². The summed E-state index contributed by atoms with van der Waals surface area (Å²) in [6.07, 6.45) is 14.5. The van der Waals surface area contributed by atoms with Crippen molar-refractivity contribution in [3.05, 3.63) is 49.3 Å². The van der Waals surface area contributed by atoms with Gasteiger partial charge in [-0.3, -0.25) is 0 Å². The van der Waals surface area contributed by atoms with E-state index in [0.29, 0.717) is 0 Å². The van der Waals surface area contributed by atoms with Gasteiger partial charge in [-0.15, -0.1) is 0 Å². The van der Waals surface area contributed by atoms with Crippen molar-refractivity contribution in [3.63, 3.8) is 0 Å². The average Bonchev–Trinajstić information content (AvgIpc) is 2.72. The summed E-state index contributed by atoms with van der Waals surface area (Å²) in [5.74, 6) is 0. The monoisotopic (exact) mass is 190 g/mol. The summed E-state index contributed by atoms with van der Waals surface area (Å²) in [6, 6.07) is 1.85. The van der Waals surface area contributed by atoms with Gasteiger partial charge in [-0.25, -0.2) is 4.68 Å². The van der Waals surface area contributed by atoms with Crippen LogP contribution in [0.4, 0.5) is 0 Å². The van der Waals surface area contributed by atoms with Crippen molar-refractivity contribution >= 4 is 6.20 Å². The Kier molecular flexibility index (Phi) is 8.45. The normalized spacial score (nSPS) is 10.1. The van der Waals surface area contributed by atoms with Crippen LogP contribution in [0.5, 0.6) is 0 Å². The van der Waals surface area contributed by atoms with Gasteiger partial charge in [0.1, 0.15) is 0 Å². The van der Waals surface area contributed by atoms with E-state index in [1.165, 1.54) is 0 Å². The molecule has 0 aromatic carbocycles. The highest BCUT2D eigenvalue weighted by molar-refractivity contribution is 5.12. The molecule has 0 atom stereocenters. The first-order valence-corrected chi connectivity index (χ1v) is 4.74. The van der Waals surface area contributed by atoms with Crippen LogP contribution >= 0.6 is 0 Å². The minimum Gasteiger partial charge on any atom is -0.249 e. The molecule has 0 spiro atoms. The summed E-state index contributed by atoms with van der Waals surface area (Å²) in [6.45, 7) is 7.64. The molecular formula is C12H18N2. The Bertz CT molecular complexity index is 269. The molecule has 0 saturated carbocycles. The van der Waals surface area contributed by atoms with Crippen molar-refractivity contribution in [3.8, 4) is 0 Å². The summed E-state index contributed by atoms with van der Waals surface area (Å²) in [5.41, 5.74) is 0. The molecule has 0 aliphatic heterocycles. The fourth-order valence-electron chi connectivity index (χ4n) is 0.714. The van der Waals surface area contributed by atoms with Crippen molar-refractivity contribution in [1.82, 2.24) is 9.78 Å². The second-order valence-electron chi connectivity index (χ2n) is 2.53. The molecule has 0 fully saturated rings. The van der Waals surface area contributed by atoms with Gasteiger partial charge >= 0.3 is 0 Å². The fourth-order valence-corrected chi connectivity index (χ4v) is 0.714. The third-order valence-electron chi connectivity index (χ3n) is 1.39. The number of rotatable bonds is 3. The molecule has 1 rings (SSSR count). The largest absolute Gasteiger partial charge is 0.249 e. The first-order chi connectivity index (χ1) is 6.85. The molecule has 14 heavy (non-hydrogen) atoms. The molecule has 1 aromatic rings. The van der Waals surface area contributed by atoms with Gasteiger partial charge in [0.15, 0.2) is 0 Å². The lowest BCUT2D eigenvalue weighted by Gasteiger charge is -1.80. The molecule has 1 heterocycles. The molecule has 1 aromatic heterocycles. The van der Waals surface area contributed by atoms with Crippen molar-refractivity contribution in [2.75, 3.05) is 0 Å². The predicted molar refractivity (Wildman–Crippen MR) is 62.9 cm³/mol. The quantitative estimate of drug-likeness (QED) is 0.667. The van der Waals surface area contributed by atoms with Crippen LogP contribution < -0.4 is 0 Å². The van der Waals surface area contributed by atoms with E-state index in [9.17, 15) is 0 Å². The first-order valence-electron chi connectivity index (χ1n) is 4.74. The van der Waals surface area contributed by atoms with Crippen LogP contribution in [0.3, 0.4) is 0 Å². The molecule has 0 aliphatic carbocycles. The molecule has 2 heteroatoms. The smallest absolute Gasteiger partial charge is 0.0493 e. The van der Waals surface area contributed by atoms with Crippen LogP contribution in [0.15, 0.2) is 49.3 Å². The van der Waals surface area contributed by atoms with Gasteiger partial charge in [0.2, 0.25) is 0 Å². The van der Waals surface area contributed by atoms with Crippen LogP contribution in [0.25, 0.3) is 6.20 Å². The average molecular weight is 190 g/mol. The number of aromatic nitrogens is 2. The molecule has 0 amide bonds. The second-order valence-corrected chi connectivity index (χ2v) is 2.53. The zero-order valence-corrected chi connectivity index (χ0v) is 8.93. The lowest BCUT2D eigenvalue weighted by Crippen LogP contribution is -1.80. The lowest BCUT2D eigenvalue weighted by atomic mass is 10.4. The number of hydrogen-bond acceptors (Lipinski definition) is 1. The SMILES string of the molecule is C/C=C\C=CCC.C=Cn1cccn1. The zero-order chi connectivity index (χ0) is 10.6. The van der Waals surface area contributed by atoms with Crippen LogP contribution in [0.1, 0.15) is 20.3 Å². The molecule has 0 aliphatic rings. The van der Waals surface area contributed by atoms with E-state index >= 15 is 0 Å². The zero-order valence-electron chi connectivity index (χ0n) is 8.93. The van der Waals surface area contributed by atoms with Crippen molar-refractivity contribution in [2.24, 2.45) is 0 Å². The molecule has 0 saturated heterocycles. The van der Waals surface area contributed by atoms with Crippen molar-refractivity contribution in [2.45, 2.75) is 20.3 Å². The standard InChI is InChI=1S/C7H12.C5H6N2/c1-3-5-7-6-4-2;1-2-7-5-3-4-6-7/h3,5-7H,4H2,1-2H3;2-5H,1H2/b5-3-,7-6?;. The fraction of sp³-hybridized carbons (Fsp3) is 0.250. The van der Waals surface area contributed by atoms with E-state index in [0.717, 1.165) is 6.42 Å². The highest BCUT2D eigenvalue weighted by Gasteiger charge is 1.73. The highest BCUT2D eigenvalue weighted by Crippen LogP contribution is 1.80. The van der Waals surface area contributed by atoms with Crippen LogP contribution in [0, 0.1) is 0 Å². The Labute approximate surface area is 86.3 Å². The second kappa shape index (κ2) is 9.52. The number of nitrogens with zero attached hydrogens (tertiary/aromatic N) is 2. The van der Waals surface area contributed by atoms with Crippen LogP contribution in [0.2, 0.25) is 0 Å². The summed E-state index contributed by atoms with van der Waals surface area (Å²) < 4.78 is 1.64. The predicted octanol–water partition coefficient (Wildman–Crippen LogP) is 3.51. The third-order valence-corrected chi connectivity index (χ3v) is 1.39. The molecule has 0 unspecified atom stereocenters. The van der Waals surface area contributed by atoms with E-state index < -0.39 is 0 Å². The van der Waals surface area contributed by atoms with Gasteiger partial charge in [-0.1, -0.05) is 37.8 Å². The van der Waals surface area contributed by atoms with Gasteiger partial charge in [0.25, 0.3) is 0 Å². The summed E-state index contributed by atoms with van der Waals surface area (Å²) in [4.78, 5) is 0. The van der Waals surface area contributed by atoms with Crippen LogP contribution in [-0.4, -0.2) is 9.78 Å². The minimum absolute atomic E-state index is 1.13. The Balaban J connectivity index is 0.000000241. The summed E-state index contributed by atoms with van der Waals surface area (Å²) in [7, 11) is 0. The topological polar surface area (TPSA) is 17.8 Å². The molecule has 0 N–H and O–H groups in total. The van der Waals surface area contributed by atoms with Crippen molar-refractivity contribution in [1.29, 1.82) is 0 Å². The van der Waals surface area contributed by atoms with Gasteiger partial charge in [-0.2, -0.15) is 5.10 Å². The molecule has 0 bridgehead atoms. The van der Waals surface area contributed by atoms with Crippen molar-refractivity contribution < 1.29 is 0 Å². The van der Waals surface area contributed by atoms with Gasteiger partial charge in [0.05, 0.1) is 0 Å². The minimum atomic E-state index is 1.13. The Morgan fingerprint density at radius 3 is 2.57 bits per heavy atom. The molecule has 2 nitrogen and oxygen atoms in total. The number of hydrogen-bond donors (Lipinski definition) is 0. The Morgan fingerprint density at radius 2 is 2.21 bits per heavy atom. The van der Waals surface area contributed by atoms with Gasteiger partial charge in [-0.05, 0) is 19.4 Å². The Hall–Kier alpha value is -1.57. The first kappa shape index (κ1) is 12.4. The van der Waals surface area contributed by atoms with Gasteiger partial charge in [0, 0.05) is 18.6 Å². The maximum absolute atomic E-state index is 3.83. The van der Waals surface area contributed by atoms with E-state index in [1.54, 1.807) is 17.1 Å². The lowest BCUT2D eigenvalue weighted by molar-refractivity contribution is 0.937. The molecule has 0 radical (unpaired) electrons. The number of allylic oxidation sites excluding steroid dienone is 4. The summed E-state index contributed by atoms with van der Waals surface area (Å²) >= 11 is 0. The van der Waals surface area contributed by atoms with Gasteiger partial charge < -0.3 is 0 Å². The van der Waals surface area contributed by atoms with E-state index in [1.807, 2.05) is 31.3 Å². The highest BCUT2D eigenvalue weighted by atomic mass is 15.2. The molecule has 76 valence electrons. The van der Waals surface area contributed by atoms with E-state index in [4.69, 9.17) is 0 Å². The van der Waals surface area contributed by atoms with Crippen LogP contribution in [-0.2, 0) is 0 Å². The third kappa shape index (κ3) is 7.10. The van der Waals surface area contributed by atoms with E-state index in [-0.39, 0.29) is 0 Å². The Morgan fingerprint density at radius 1 is 1.43 bits per heavy atom. The molecular weight excluding hydrogens is 172 g/mol.